The van der Waals surface area contributed by atoms with Crippen LogP contribution in [0.15, 0.2) is 18.2 Å². The lowest BCUT2D eigenvalue weighted by molar-refractivity contribution is 0.0124. The quantitative estimate of drug-likeness (QED) is 0.912. The number of aryl methyl sites for hydroxylation is 1. The van der Waals surface area contributed by atoms with E-state index in [0.29, 0.717) is 6.92 Å². The summed E-state index contributed by atoms with van der Waals surface area (Å²) in [5.74, 6) is -5.51. The van der Waals surface area contributed by atoms with Crippen LogP contribution in [0.2, 0.25) is 0 Å². The van der Waals surface area contributed by atoms with Gasteiger partial charge in [-0.05, 0) is 32.0 Å². The maximum atomic E-state index is 14.4. The molecule has 0 aliphatic carbocycles. The van der Waals surface area contributed by atoms with Crippen LogP contribution >= 0.6 is 0 Å². The Morgan fingerprint density at radius 3 is 2.52 bits per heavy atom. The first kappa shape index (κ1) is 16.9. The van der Waals surface area contributed by atoms with E-state index in [-0.39, 0.29) is 29.3 Å². The number of nitrogens with zero attached hydrogens (tertiary/aromatic N) is 2. The van der Waals surface area contributed by atoms with Crippen molar-refractivity contribution >= 4 is 5.97 Å². The molecule has 0 fully saturated rings. The van der Waals surface area contributed by atoms with Gasteiger partial charge in [-0.25, -0.2) is 13.9 Å². The second-order valence-electron chi connectivity index (χ2n) is 5.01. The van der Waals surface area contributed by atoms with Crippen molar-refractivity contribution in [3.8, 4) is 11.4 Å². The summed E-state index contributed by atoms with van der Waals surface area (Å²) >= 11 is 0. The van der Waals surface area contributed by atoms with E-state index in [1.165, 1.54) is 6.92 Å². The highest BCUT2D eigenvalue weighted by Crippen LogP contribution is 2.32. The minimum Gasteiger partial charge on any atom is -0.491 e. The average Bonchev–Trinajstić information content (AvgIpc) is 2.80. The van der Waals surface area contributed by atoms with Gasteiger partial charge in [0.1, 0.15) is 17.1 Å². The van der Waals surface area contributed by atoms with Crippen LogP contribution in [-0.4, -0.2) is 27.5 Å². The molecule has 0 aliphatic heterocycles. The van der Waals surface area contributed by atoms with Gasteiger partial charge in [-0.3, -0.25) is 0 Å². The van der Waals surface area contributed by atoms with E-state index in [1.807, 2.05) is 0 Å². The number of hydrogen-bond donors (Lipinski definition) is 1. The highest BCUT2D eigenvalue weighted by molar-refractivity contribution is 5.88. The molecule has 23 heavy (non-hydrogen) atoms. The molecule has 2 rings (SSSR count). The maximum Gasteiger partial charge on any atom is 0.335 e. The second kappa shape index (κ2) is 5.94. The van der Waals surface area contributed by atoms with Crippen LogP contribution in [-0.2, 0) is 5.92 Å². The zero-order valence-corrected chi connectivity index (χ0v) is 12.7. The van der Waals surface area contributed by atoms with Crippen LogP contribution in [0.25, 0.3) is 5.69 Å². The van der Waals surface area contributed by atoms with Crippen molar-refractivity contribution in [3.05, 3.63) is 41.0 Å². The van der Waals surface area contributed by atoms with E-state index in [4.69, 9.17) is 9.84 Å². The van der Waals surface area contributed by atoms with E-state index in [2.05, 4.69) is 5.10 Å². The van der Waals surface area contributed by atoms with Gasteiger partial charge in [-0.1, -0.05) is 0 Å². The lowest BCUT2D eigenvalue weighted by atomic mass is 10.1. The number of rotatable bonds is 5. The number of aromatic nitrogens is 2. The van der Waals surface area contributed by atoms with Gasteiger partial charge in [0, 0.05) is 12.6 Å². The molecule has 1 aromatic heterocycles. The molecule has 0 saturated carbocycles. The molecule has 1 aromatic carbocycles. The third kappa shape index (κ3) is 3.30. The lowest BCUT2D eigenvalue weighted by Gasteiger charge is -2.14. The predicted octanol–water partition coefficient (Wildman–Crippen LogP) is 3.53. The average molecular weight is 328 g/mol. The van der Waals surface area contributed by atoms with Crippen molar-refractivity contribution < 1.29 is 27.8 Å². The minimum absolute atomic E-state index is 0.0814. The molecule has 5 nitrogen and oxygen atoms in total. The Hall–Kier alpha value is -2.51. The summed E-state index contributed by atoms with van der Waals surface area (Å²) in [5, 5.41) is 12.7. The largest absolute Gasteiger partial charge is 0.491 e. The number of benzene rings is 1. The van der Waals surface area contributed by atoms with Crippen molar-refractivity contribution in [1.29, 1.82) is 0 Å². The van der Waals surface area contributed by atoms with E-state index >= 15 is 0 Å². The first-order valence-electron chi connectivity index (χ1n) is 6.80. The molecule has 0 aliphatic rings. The SMILES string of the molecule is CCOc1cc(C(=O)O)cc(F)c1-n1nc(C(C)(F)F)cc1C. The number of carboxylic acid groups (broad SMARTS) is 1. The third-order valence-corrected chi connectivity index (χ3v) is 3.12. The molecule has 2 aromatic rings. The normalized spacial score (nSPS) is 11.6. The topological polar surface area (TPSA) is 64.3 Å². The fraction of sp³-hybridized carbons (Fsp3) is 0.333. The Balaban J connectivity index is 2.67. The van der Waals surface area contributed by atoms with E-state index in [9.17, 15) is 18.0 Å². The number of hydrogen-bond acceptors (Lipinski definition) is 3. The van der Waals surface area contributed by atoms with E-state index in [0.717, 1.165) is 22.9 Å². The van der Waals surface area contributed by atoms with Crippen LogP contribution in [0, 0.1) is 12.7 Å². The molecule has 8 heteroatoms. The summed E-state index contributed by atoms with van der Waals surface area (Å²) in [4.78, 5) is 11.0. The Morgan fingerprint density at radius 1 is 1.39 bits per heavy atom. The minimum atomic E-state index is -3.18. The Bertz CT molecular complexity index is 751. The number of carbonyl (C=O) groups is 1. The summed E-state index contributed by atoms with van der Waals surface area (Å²) in [6, 6.07) is 3.07. The molecule has 0 amide bonds. The van der Waals surface area contributed by atoms with Gasteiger partial charge in [-0.15, -0.1) is 0 Å². The van der Waals surface area contributed by atoms with Gasteiger partial charge in [0.2, 0.25) is 0 Å². The first-order chi connectivity index (χ1) is 10.6. The van der Waals surface area contributed by atoms with Gasteiger partial charge >= 0.3 is 5.97 Å². The van der Waals surface area contributed by atoms with Crippen LogP contribution < -0.4 is 4.74 Å². The molecule has 124 valence electrons. The summed E-state index contributed by atoms with van der Waals surface area (Å²) < 4.78 is 47.4. The van der Waals surface area contributed by atoms with Gasteiger partial charge < -0.3 is 9.84 Å². The number of aromatic carboxylic acids is 1. The monoisotopic (exact) mass is 328 g/mol. The standard InChI is InChI=1S/C15H15F3N2O3/c1-4-23-11-7-9(14(21)22)6-10(16)13(11)20-8(2)5-12(19-20)15(3,17)18/h5-7H,4H2,1-3H3,(H,21,22). The number of carboxylic acids is 1. The third-order valence-electron chi connectivity index (χ3n) is 3.12. The summed E-state index contributed by atoms with van der Waals surface area (Å²) in [6.07, 6.45) is 0. The molecule has 0 saturated heterocycles. The number of alkyl halides is 2. The summed E-state index contributed by atoms with van der Waals surface area (Å²) in [5.41, 5.74) is -0.756. The van der Waals surface area contributed by atoms with Gasteiger partial charge in [0.25, 0.3) is 5.92 Å². The van der Waals surface area contributed by atoms with Crippen LogP contribution in [0.1, 0.15) is 35.6 Å². The predicted molar refractivity (Wildman–Crippen MR) is 76.0 cm³/mol. The van der Waals surface area contributed by atoms with Gasteiger partial charge in [0.15, 0.2) is 5.82 Å². The maximum absolute atomic E-state index is 14.4. The highest BCUT2D eigenvalue weighted by Gasteiger charge is 2.30. The highest BCUT2D eigenvalue weighted by atomic mass is 19.3. The summed E-state index contributed by atoms with van der Waals surface area (Å²) in [7, 11) is 0. The molecule has 0 unspecified atom stereocenters. The zero-order valence-electron chi connectivity index (χ0n) is 12.7. The zero-order chi connectivity index (χ0) is 17.4. The molecule has 0 atom stereocenters. The molecule has 1 N–H and O–H groups in total. The van der Waals surface area contributed by atoms with Crippen LogP contribution in [0.3, 0.4) is 0 Å². The fourth-order valence-corrected chi connectivity index (χ4v) is 2.08. The Morgan fingerprint density at radius 2 is 2.04 bits per heavy atom. The van der Waals surface area contributed by atoms with Crippen molar-refractivity contribution in [2.24, 2.45) is 0 Å². The van der Waals surface area contributed by atoms with Crippen LogP contribution in [0.4, 0.5) is 13.2 Å². The van der Waals surface area contributed by atoms with E-state index < -0.39 is 23.4 Å². The number of halogens is 3. The Labute approximate surface area is 130 Å². The molecule has 0 spiro atoms. The lowest BCUT2D eigenvalue weighted by Crippen LogP contribution is -2.11. The molecule has 0 radical (unpaired) electrons. The Kier molecular flexibility index (Phi) is 4.35. The fourth-order valence-electron chi connectivity index (χ4n) is 2.08. The van der Waals surface area contributed by atoms with Gasteiger partial charge in [0.05, 0.1) is 12.2 Å². The molecular weight excluding hydrogens is 313 g/mol. The van der Waals surface area contributed by atoms with Crippen molar-refractivity contribution in [2.75, 3.05) is 6.61 Å². The smallest absolute Gasteiger partial charge is 0.335 e. The van der Waals surface area contributed by atoms with E-state index in [1.54, 1.807) is 6.92 Å². The summed E-state index contributed by atoms with van der Waals surface area (Å²) in [6.45, 7) is 3.96. The molecule has 1 heterocycles. The first-order valence-corrected chi connectivity index (χ1v) is 6.80. The van der Waals surface area contributed by atoms with Crippen molar-refractivity contribution in [1.82, 2.24) is 9.78 Å². The van der Waals surface area contributed by atoms with Crippen LogP contribution in [0.5, 0.6) is 5.75 Å². The van der Waals surface area contributed by atoms with Crippen molar-refractivity contribution in [3.63, 3.8) is 0 Å². The van der Waals surface area contributed by atoms with Crippen molar-refractivity contribution in [2.45, 2.75) is 26.7 Å². The second-order valence-corrected chi connectivity index (χ2v) is 5.01. The number of ether oxygens (including phenoxy) is 1. The van der Waals surface area contributed by atoms with Gasteiger partial charge in [-0.2, -0.15) is 13.9 Å². The molecular formula is C15H15F3N2O3. The molecule has 0 bridgehead atoms.